The number of methoxy groups -OCH3 is 1. The third-order valence-corrected chi connectivity index (χ3v) is 3.01. The standard InChI is InChI=1S/C16H17NO2/c1-19-15-10-6-5-9-13(15)16(18)14(17)11-12-7-3-2-4-8-12/h2-10,14H,11,17H2,1H3. The van der Waals surface area contributed by atoms with Gasteiger partial charge in [0.15, 0.2) is 5.78 Å². The summed E-state index contributed by atoms with van der Waals surface area (Å²) in [5, 5.41) is 0. The molecular formula is C16H17NO2. The summed E-state index contributed by atoms with van der Waals surface area (Å²) in [5.41, 5.74) is 7.59. The lowest BCUT2D eigenvalue weighted by Crippen LogP contribution is -2.33. The van der Waals surface area contributed by atoms with Crippen LogP contribution in [0.4, 0.5) is 0 Å². The maximum Gasteiger partial charge on any atom is 0.183 e. The van der Waals surface area contributed by atoms with Crippen molar-refractivity contribution in [3.8, 4) is 5.75 Å². The summed E-state index contributed by atoms with van der Waals surface area (Å²) in [4.78, 5) is 12.3. The summed E-state index contributed by atoms with van der Waals surface area (Å²) >= 11 is 0. The van der Waals surface area contributed by atoms with Crippen molar-refractivity contribution >= 4 is 5.78 Å². The Kier molecular flexibility index (Phi) is 4.31. The normalized spacial score (nSPS) is 11.9. The molecule has 2 aromatic carbocycles. The summed E-state index contributed by atoms with van der Waals surface area (Å²) in [6.07, 6.45) is 0.526. The fourth-order valence-corrected chi connectivity index (χ4v) is 2.01. The minimum atomic E-state index is -0.557. The van der Waals surface area contributed by atoms with E-state index in [0.717, 1.165) is 5.56 Å². The van der Waals surface area contributed by atoms with Crippen LogP contribution >= 0.6 is 0 Å². The zero-order valence-electron chi connectivity index (χ0n) is 10.9. The molecule has 19 heavy (non-hydrogen) atoms. The van der Waals surface area contributed by atoms with Gasteiger partial charge in [-0.05, 0) is 24.1 Å². The van der Waals surface area contributed by atoms with Gasteiger partial charge >= 0.3 is 0 Å². The number of Topliss-reactive ketones (excluding diaryl/α,β-unsaturated/α-hetero) is 1. The smallest absolute Gasteiger partial charge is 0.183 e. The Morgan fingerprint density at radius 1 is 1.11 bits per heavy atom. The molecule has 98 valence electrons. The first-order valence-corrected chi connectivity index (χ1v) is 6.19. The number of para-hydroxylation sites is 1. The lowest BCUT2D eigenvalue weighted by atomic mass is 9.98. The average molecular weight is 255 g/mol. The number of hydrogen-bond donors (Lipinski definition) is 1. The highest BCUT2D eigenvalue weighted by atomic mass is 16.5. The molecule has 0 amide bonds. The first kappa shape index (κ1) is 13.3. The summed E-state index contributed by atoms with van der Waals surface area (Å²) in [5.74, 6) is 0.470. The second kappa shape index (κ2) is 6.16. The highest BCUT2D eigenvalue weighted by Gasteiger charge is 2.19. The van der Waals surface area contributed by atoms with E-state index in [1.807, 2.05) is 42.5 Å². The third-order valence-electron chi connectivity index (χ3n) is 3.01. The van der Waals surface area contributed by atoms with Gasteiger partial charge in [-0.3, -0.25) is 4.79 Å². The van der Waals surface area contributed by atoms with E-state index in [0.29, 0.717) is 17.7 Å². The monoisotopic (exact) mass is 255 g/mol. The molecular weight excluding hydrogens is 238 g/mol. The van der Waals surface area contributed by atoms with Crippen molar-refractivity contribution in [1.82, 2.24) is 0 Å². The molecule has 0 radical (unpaired) electrons. The van der Waals surface area contributed by atoms with E-state index < -0.39 is 6.04 Å². The van der Waals surface area contributed by atoms with Gasteiger partial charge in [0.1, 0.15) is 5.75 Å². The fraction of sp³-hybridized carbons (Fsp3) is 0.188. The van der Waals surface area contributed by atoms with Gasteiger partial charge in [0.25, 0.3) is 0 Å². The van der Waals surface area contributed by atoms with Crippen molar-refractivity contribution in [2.45, 2.75) is 12.5 Å². The van der Waals surface area contributed by atoms with E-state index in [9.17, 15) is 4.79 Å². The maximum absolute atomic E-state index is 12.3. The molecule has 0 aliphatic carbocycles. The van der Waals surface area contributed by atoms with Crippen LogP contribution in [0, 0.1) is 0 Å². The Morgan fingerprint density at radius 2 is 1.74 bits per heavy atom. The number of ether oxygens (including phenoxy) is 1. The second-order valence-electron chi connectivity index (χ2n) is 4.36. The van der Waals surface area contributed by atoms with E-state index >= 15 is 0 Å². The molecule has 0 spiro atoms. The van der Waals surface area contributed by atoms with E-state index in [1.54, 1.807) is 19.2 Å². The number of carbonyl (C=O) groups excluding carboxylic acids is 1. The topological polar surface area (TPSA) is 52.3 Å². The van der Waals surface area contributed by atoms with Gasteiger partial charge in [0.2, 0.25) is 0 Å². The quantitative estimate of drug-likeness (QED) is 0.835. The second-order valence-corrected chi connectivity index (χ2v) is 4.36. The Labute approximate surface area is 113 Å². The lowest BCUT2D eigenvalue weighted by molar-refractivity contribution is 0.0958. The number of carbonyl (C=O) groups is 1. The van der Waals surface area contributed by atoms with Crippen LogP contribution in [0.25, 0.3) is 0 Å². The first-order chi connectivity index (χ1) is 9.22. The van der Waals surface area contributed by atoms with Gasteiger partial charge in [0.05, 0.1) is 18.7 Å². The van der Waals surface area contributed by atoms with Crippen LogP contribution < -0.4 is 10.5 Å². The van der Waals surface area contributed by atoms with Gasteiger partial charge in [-0.2, -0.15) is 0 Å². The van der Waals surface area contributed by atoms with E-state index in [4.69, 9.17) is 10.5 Å². The minimum Gasteiger partial charge on any atom is -0.496 e. The molecule has 3 heteroatoms. The van der Waals surface area contributed by atoms with Crippen LogP contribution in [0.5, 0.6) is 5.75 Å². The number of ketones is 1. The van der Waals surface area contributed by atoms with Gasteiger partial charge in [0, 0.05) is 0 Å². The summed E-state index contributed by atoms with van der Waals surface area (Å²) in [6.45, 7) is 0. The first-order valence-electron chi connectivity index (χ1n) is 6.19. The fourth-order valence-electron chi connectivity index (χ4n) is 2.01. The Bertz CT molecular complexity index is 552. The molecule has 3 nitrogen and oxygen atoms in total. The number of rotatable bonds is 5. The maximum atomic E-state index is 12.3. The molecule has 1 atom stereocenters. The van der Waals surface area contributed by atoms with E-state index in [2.05, 4.69) is 0 Å². The molecule has 0 heterocycles. The SMILES string of the molecule is COc1ccccc1C(=O)C(N)Cc1ccccc1. The van der Waals surface area contributed by atoms with Crippen LogP contribution in [-0.2, 0) is 6.42 Å². The van der Waals surface area contributed by atoms with Gasteiger partial charge in [-0.15, -0.1) is 0 Å². The molecule has 2 aromatic rings. The van der Waals surface area contributed by atoms with Crippen molar-refractivity contribution in [3.63, 3.8) is 0 Å². The van der Waals surface area contributed by atoms with Crippen LogP contribution in [0.1, 0.15) is 15.9 Å². The molecule has 2 N–H and O–H groups in total. The highest BCUT2D eigenvalue weighted by molar-refractivity contribution is 6.02. The Hall–Kier alpha value is -2.13. The largest absolute Gasteiger partial charge is 0.496 e. The van der Waals surface area contributed by atoms with Gasteiger partial charge < -0.3 is 10.5 Å². The molecule has 0 bridgehead atoms. The number of nitrogens with two attached hydrogens (primary N) is 1. The van der Waals surface area contributed by atoms with Gasteiger partial charge in [-0.25, -0.2) is 0 Å². The molecule has 0 fully saturated rings. The average Bonchev–Trinajstić information content (AvgIpc) is 2.47. The van der Waals surface area contributed by atoms with Crippen LogP contribution in [0.15, 0.2) is 54.6 Å². The molecule has 0 aliphatic rings. The van der Waals surface area contributed by atoms with E-state index in [-0.39, 0.29) is 5.78 Å². The third kappa shape index (κ3) is 3.20. The lowest BCUT2D eigenvalue weighted by Gasteiger charge is -2.13. The Morgan fingerprint density at radius 3 is 2.42 bits per heavy atom. The predicted molar refractivity (Wildman–Crippen MR) is 75.4 cm³/mol. The van der Waals surface area contributed by atoms with Gasteiger partial charge in [-0.1, -0.05) is 42.5 Å². The van der Waals surface area contributed by atoms with Crippen molar-refractivity contribution in [2.75, 3.05) is 7.11 Å². The molecule has 1 unspecified atom stereocenters. The zero-order chi connectivity index (χ0) is 13.7. The molecule has 0 saturated heterocycles. The van der Waals surface area contributed by atoms with Crippen molar-refractivity contribution in [1.29, 1.82) is 0 Å². The summed E-state index contributed by atoms with van der Waals surface area (Å²) in [7, 11) is 1.55. The zero-order valence-corrected chi connectivity index (χ0v) is 10.9. The molecule has 0 aliphatic heterocycles. The van der Waals surface area contributed by atoms with Crippen molar-refractivity contribution < 1.29 is 9.53 Å². The molecule has 2 rings (SSSR count). The van der Waals surface area contributed by atoms with E-state index in [1.165, 1.54) is 0 Å². The summed E-state index contributed by atoms with van der Waals surface area (Å²) < 4.78 is 5.19. The molecule has 0 aromatic heterocycles. The van der Waals surface area contributed by atoms with Crippen LogP contribution in [-0.4, -0.2) is 18.9 Å². The predicted octanol–water partition coefficient (Wildman–Crippen LogP) is 2.45. The Balaban J connectivity index is 2.15. The highest BCUT2D eigenvalue weighted by Crippen LogP contribution is 2.19. The summed E-state index contributed by atoms with van der Waals surface area (Å²) in [6, 6.07) is 16.4. The van der Waals surface area contributed by atoms with Crippen molar-refractivity contribution in [3.05, 3.63) is 65.7 Å². The van der Waals surface area contributed by atoms with Crippen LogP contribution in [0.2, 0.25) is 0 Å². The van der Waals surface area contributed by atoms with Crippen molar-refractivity contribution in [2.24, 2.45) is 5.73 Å². The number of hydrogen-bond acceptors (Lipinski definition) is 3. The molecule has 0 saturated carbocycles. The number of benzene rings is 2. The van der Waals surface area contributed by atoms with Crippen LogP contribution in [0.3, 0.4) is 0 Å². The minimum absolute atomic E-state index is 0.0960.